The van der Waals surface area contributed by atoms with Crippen LogP contribution in [0.3, 0.4) is 0 Å². The van der Waals surface area contributed by atoms with Crippen LogP contribution in [0.5, 0.6) is 0 Å². The van der Waals surface area contributed by atoms with E-state index in [1.165, 1.54) is 0 Å². The molecule has 0 spiro atoms. The van der Waals surface area contributed by atoms with Gasteiger partial charge in [-0.25, -0.2) is 0 Å². The number of nitrogens with one attached hydrogen (secondary N) is 1. The highest BCUT2D eigenvalue weighted by Crippen LogP contribution is 2.12. The van der Waals surface area contributed by atoms with Gasteiger partial charge in [-0.15, -0.1) is 0 Å². The Bertz CT molecular complexity index is 246. The van der Waals surface area contributed by atoms with Crippen LogP contribution in [0.15, 0.2) is 0 Å². The number of amides is 2. The number of hydrogen-bond acceptors (Lipinski definition) is 2. The van der Waals surface area contributed by atoms with Crippen LogP contribution < -0.4 is 5.32 Å². The SMILES string of the molecule is CC.CCCCC(=O)N1CCC(NC(C)=O)CC1. The van der Waals surface area contributed by atoms with Crippen LogP contribution in [0.25, 0.3) is 0 Å². The Labute approximate surface area is 111 Å². The van der Waals surface area contributed by atoms with Crippen LogP contribution >= 0.6 is 0 Å². The average Bonchev–Trinajstić information content (AvgIpc) is 2.38. The van der Waals surface area contributed by atoms with Gasteiger partial charge < -0.3 is 10.2 Å². The lowest BCUT2D eigenvalue weighted by Crippen LogP contribution is -2.46. The van der Waals surface area contributed by atoms with Crippen molar-refractivity contribution in [1.82, 2.24) is 10.2 Å². The molecule has 1 rings (SSSR count). The van der Waals surface area contributed by atoms with Crippen LogP contribution in [-0.4, -0.2) is 35.8 Å². The Morgan fingerprint density at radius 1 is 1.22 bits per heavy atom. The third-order valence-corrected chi connectivity index (χ3v) is 3.00. The maximum absolute atomic E-state index is 11.7. The fourth-order valence-electron chi connectivity index (χ4n) is 2.05. The Kier molecular flexibility index (Phi) is 9.33. The van der Waals surface area contributed by atoms with Gasteiger partial charge in [0, 0.05) is 32.5 Å². The minimum Gasteiger partial charge on any atom is -0.353 e. The monoisotopic (exact) mass is 256 g/mol. The largest absolute Gasteiger partial charge is 0.353 e. The summed E-state index contributed by atoms with van der Waals surface area (Å²) in [6.07, 6.45) is 4.48. The molecule has 0 aromatic carbocycles. The predicted octanol–water partition coefficient (Wildman–Crippen LogP) is 2.33. The second-order valence-corrected chi connectivity index (χ2v) is 4.46. The summed E-state index contributed by atoms with van der Waals surface area (Å²) >= 11 is 0. The third-order valence-electron chi connectivity index (χ3n) is 3.00. The van der Waals surface area contributed by atoms with Crippen molar-refractivity contribution >= 4 is 11.8 Å². The zero-order valence-electron chi connectivity index (χ0n) is 12.3. The summed E-state index contributed by atoms with van der Waals surface area (Å²) in [6.45, 7) is 9.20. The number of unbranched alkanes of at least 4 members (excludes halogenated alkanes) is 1. The third kappa shape index (κ3) is 6.62. The molecule has 1 aliphatic heterocycles. The lowest BCUT2D eigenvalue weighted by molar-refractivity contribution is -0.132. The highest BCUT2D eigenvalue weighted by atomic mass is 16.2. The van der Waals surface area contributed by atoms with Gasteiger partial charge in [0.2, 0.25) is 11.8 Å². The average molecular weight is 256 g/mol. The van der Waals surface area contributed by atoms with Crippen LogP contribution in [0.4, 0.5) is 0 Å². The van der Waals surface area contributed by atoms with Gasteiger partial charge in [0.1, 0.15) is 0 Å². The van der Waals surface area contributed by atoms with Gasteiger partial charge in [0.15, 0.2) is 0 Å². The molecule has 1 saturated heterocycles. The van der Waals surface area contributed by atoms with Gasteiger partial charge in [0.25, 0.3) is 0 Å². The van der Waals surface area contributed by atoms with Gasteiger partial charge >= 0.3 is 0 Å². The van der Waals surface area contributed by atoms with Crippen molar-refractivity contribution < 1.29 is 9.59 Å². The first-order chi connectivity index (χ1) is 8.63. The second kappa shape index (κ2) is 9.92. The molecule has 18 heavy (non-hydrogen) atoms. The van der Waals surface area contributed by atoms with Crippen molar-refractivity contribution in [3.63, 3.8) is 0 Å². The number of hydrogen-bond donors (Lipinski definition) is 1. The molecule has 0 atom stereocenters. The minimum atomic E-state index is 0.0239. The molecular formula is C14H28N2O2. The van der Waals surface area contributed by atoms with E-state index in [0.29, 0.717) is 6.42 Å². The standard InChI is InChI=1S/C12H22N2O2.C2H6/c1-3-4-5-12(16)14-8-6-11(7-9-14)13-10(2)15;1-2/h11H,3-9H2,1-2H3,(H,13,15);1-2H3. The Morgan fingerprint density at radius 3 is 2.22 bits per heavy atom. The van der Waals surface area contributed by atoms with Crippen LogP contribution in [-0.2, 0) is 9.59 Å². The van der Waals surface area contributed by atoms with Crippen molar-refractivity contribution in [3.05, 3.63) is 0 Å². The molecule has 1 fully saturated rings. The molecule has 4 heteroatoms. The molecule has 2 amide bonds. The van der Waals surface area contributed by atoms with E-state index in [1.54, 1.807) is 6.92 Å². The maximum atomic E-state index is 11.7. The highest BCUT2D eigenvalue weighted by molar-refractivity contribution is 5.76. The summed E-state index contributed by atoms with van der Waals surface area (Å²) in [7, 11) is 0. The molecule has 1 aliphatic rings. The quantitative estimate of drug-likeness (QED) is 0.839. The van der Waals surface area contributed by atoms with E-state index in [2.05, 4.69) is 12.2 Å². The number of carbonyl (C=O) groups is 2. The van der Waals surface area contributed by atoms with Crippen molar-refractivity contribution in [2.75, 3.05) is 13.1 Å². The van der Waals surface area contributed by atoms with E-state index in [4.69, 9.17) is 0 Å². The van der Waals surface area contributed by atoms with Crippen LogP contribution in [0.2, 0.25) is 0 Å². The lowest BCUT2D eigenvalue weighted by atomic mass is 10.0. The molecule has 0 saturated carbocycles. The zero-order chi connectivity index (χ0) is 14.0. The van der Waals surface area contributed by atoms with Gasteiger partial charge in [-0.3, -0.25) is 9.59 Å². The summed E-state index contributed by atoms with van der Waals surface area (Å²) in [5, 5.41) is 2.91. The molecule has 0 aromatic heterocycles. The van der Waals surface area contributed by atoms with Gasteiger partial charge in [0.05, 0.1) is 0 Å². The molecular weight excluding hydrogens is 228 g/mol. The first-order valence-corrected chi connectivity index (χ1v) is 7.18. The lowest BCUT2D eigenvalue weighted by Gasteiger charge is -2.32. The molecule has 0 aromatic rings. The van der Waals surface area contributed by atoms with Crippen molar-refractivity contribution in [1.29, 1.82) is 0 Å². The highest BCUT2D eigenvalue weighted by Gasteiger charge is 2.22. The van der Waals surface area contributed by atoms with Gasteiger partial charge in [-0.1, -0.05) is 27.2 Å². The number of rotatable bonds is 4. The summed E-state index contributed by atoms with van der Waals surface area (Å²) in [6, 6.07) is 0.257. The molecule has 1 heterocycles. The number of piperidine rings is 1. The minimum absolute atomic E-state index is 0.0239. The summed E-state index contributed by atoms with van der Waals surface area (Å²) in [4.78, 5) is 24.5. The van der Waals surface area contributed by atoms with E-state index < -0.39 is 0 Å². The molecule has 0 aliphatic carbocycles. The van der Waals surface area contributed by atoms with Crippen molar-refractivity contribution in [3.8, 4) is 0 Å². The maximum Gasteiger partial charge on any atom is 0.222 e. The molecule has 106 valence electrons. The molecule has 4 nitrogen and oxygen atoms in total. The Balaban J connectivity index is 0.00000137. The molecule has 0 bridgehead atoms. The summed E-state index contributed by atoms with van der Waals surface area (Å²) in [5.41, 5.74) is 0. The normalized spacial score (nSPS) is 15.7. The first-order valence-electron chi connectivity index (χ1n) is 7.18. The van der Waals surface area contributed by atoms with E-state index in [-0.39, 0.29) is 17.9 Å². The predicted molar refractivity (Wildman–Crippen MR) is 74.3 cm³/mol. The van der Waals surface area contributed by atoms with Crippen LogP contribution in [0.1, 0.15) is 59.8 Å². The number of carbonyl (C=O) groups excluding carboxylic acids is 2. The van der Waals surface area contributed by atoms with Crippen LogP contribution in [0, 0.1) is 0 Å². The fraction of sp³-hybridized carbons (Fsp3) is 0.857. The topological polar surface area (TPSA) is 49.4 Å². The van der Waals surface area contributed by atoms with E-state index in [9.17, 15) is 9.59 Å². The van der Waals surface area contributed by atoms with Gasteiger partial charge in [-0.05, 0) is 19.3 Å². The molecule has 1 N–H and O–H groups in total. The smallest absolute Gasteiger partial charge is 0.222 e. The number of nitrogens with zero attached hydrogens (tertiary/aromatic N) is 1. The zero-order valence-corrected chi connectivity index (χ0v) is 12.3. The fourth-order valence-corrected chi connectivity index (χ4v) is 2.05. The first kappa shape index (κ1) is 16.9. The van der Waals surface area contributed by atoms with E-state index in [0.717, 1.165) is 38.8 Å². The summed E-state index contributed by atoms with van der Waals surface area (Å²) < 4.78 is 0. The second-order valence-electron chi connectivity index (χ2n) is 4.46. The summed E-state index contributed by atoms with van der Waals surface area (Å²) in [5.74, 6) is 0.291. The van der Waals surface area contributed by atoms with E-state index in [1.807, 2.05) is 18.7 Å². The Morgan fingerprint density at radius 2 is 1.78 bits per heavy atom. The molecule has 0 radical (unpaired) electrons. The Hall–Kier alpha value is -1.06. The van der Waals surface area contributed by atoms with Crippen molar-refractivity contribution in [2.45, 2.75) is 65.8 Å². The number of likely N-dealkylation sites (tertiary alicyclic amines) is 1. The molecule has 0 unspecified atom stereocenters. The van der Waals surface area contributed by atoms with Crippen molar-refractivity contribution in [2.24, 2.45) is 0 Å². The van der Waals surface area contributed by atoms with Gasteiger partial charge in [-0.2, -0.15) is 0 Å². The van der Waals surface area contributed by atoms with E-state index >= 15 is 0 Å².